The van der Waals surface area contributed by atoms with Gasteiger partial charge >= 0.3 is 29.0 Å². The molecule has 1 rings (SSSR count). The van der Waals surface area contributed by atoms with Gasteiger partial charge in [-0.1, -0.05) is 43.1 Å². The molecule has 0 aliphatic heterocycles. The summed E-state index contributed by atoms with van der Waals surface area (Å²) >= 11 is 0. The van der Waals surface area contributed by atoms with Gasteiger partial charge in [0.1, 0.15) is 17.1 Å². The first-order valence-electron chi connectivity index (χ1n) is 9.29. The van der Waals surface area contributed by atoms with Gasteiger partial charge in [-0.05, 0) is 58.9 Å². The normalized spacial score (nSPS) is 10.1. The maximum absolute atomic E-state index is 11.9. The fourth-order valence-corrected chi connectivity index (χ4v) is 2.97. The zero-order valence-electron chi connectivity index (χ0n) is 17.4. The Morgan fingerprint density at radius 2 is 1.37 bits per heavy atom. The Morgan fingerprint density at radius 1 is 0.852 bits per heavy atom. The van der Waals surface area contributed by atoms with Crippen molar-refractivity contribution in [2.75, 3.05) is 0 Å². The van der Waals surface area contributed by atoms with Crippen LogP contribution < -0.4 is 0 Å². The predicted molar refractivity (Wildman–Crippen MR) is 112 cm³/mol. The molecule has 0 saturated heterocycles. The molecule has 0 saturated carbocycles. The summed E-state index contributed by atoms with van der Waals surface area (Å²) in [5.74, 6) is -1.43. The van der Waals surface area contributed by atoms with Crippen LogP contribution in [0.1, 0.15) is 80.9 Å². The smallest absolute Gasteiger partial charge is 0.507 e. The molecule has 1 aromatic rings. The van der Waals surface area contributed by atoms with Gasteiger partial charge in [0, 0.05) is 11.1 Å². The van der Waals surface area contributed by atoms with Crippen LogP contribution in [0.5, 0.6) is 11.5 Å². The molecule has 5 heteroatoms. The van der Waals surface area contributed by atoms with Gasteiger partial charge in [0.15, 0.2) is 0 Å². The Hall–Kier alpha value is -1.46. The Morgan fingerprint density at radius 3 is 1.81 bits per heavy atom. The molecule has 0 fully saturated rings. The zero-order chi connectivity index (χ0) is 19.9. The van der Waals surface area contributed by atoms with Crippen molar-refractivity contribution in [2.45, 2.75) is 73.1 Å². The molecule has 0 heterocycles. The second-order valence-electron chi connectivity index (χ2n) is 7.24. The van der Waals surface area contributed by atoms with Crippen molar-refractivity contribution >= 4 is 29.0 Å². The average molecular weight is 385 g/mol. The number of aromatic hydroxyl groups is 2. The van der Waals surface area contributed by atoms with Crippen molar-refractivity contribution in [3.05, 3.63) is 45.6 Å². The molecule has 1 aromatic carbocycles. The van der Waals surface area contributed by atoms with Gasteiger partial charge in [-0.25, -0.2) is 4.79 Å². The molecule has 0 radical (unpaired) electrons. The minimum atomic E-state index is -1.15. The largest absolute Gasteiger partial charge is 2.00 e. The van der Waals surface area contributed by atoms with Crippen LogP contribution in [0.15, 0.2) is 23.3 Å². The van der Waals surface area contributed by atoms with Crippen LogP contribution in [0.4, 0.5) is 0 Å². The molecule has 0 aromatic heterocycles. The third kappa shape index (κ3) is 7.22. The molecule has 144 valence electrons. The number of rotatable bonds is 9. The van der Waals surface area contributed by atoms with E-state index in [0.29, 0.717) is 36.0 Å². The molecule has 0 unspecified atom stereocenters. The fourth-order valence-electron chi connectivity index (χ4n) is 2.97. The van der Waals surface area contributed by atoms with Crippen LogP contribution in [0.3, 0.4) is 0 Å². The maximum atomic E-state index is 11.9. The number of aromatic carboxylic acids is 1. The summed E-state index contributed by atoms with van der Waals surface area (Å²) in [4.78, 5) is 11.9. The van der Waals surface area contributed by atoms with E-state index in [-0.39, 0.29) is 40.1 Å². The van der Waals surface area contributed by atoms with Crippen LogP contribution in [0.25, 0.3) is 0 Å². The van der Waals surface area contributed by atoms with Gasteiger partial charge in [0.2, 0.25) is 0 Å². The molecule has 0 aliphatic rings. The molecular weight excluding hydrogens is 353 g/mol. The molecule has 27 heavy (non-hydrogen) atoms. The van der Waals surface area contributed by atoms with Crippen molar-refractivity contribution < 1.29 is 20.1 Å². The van der Waals surface area contributed by atoms with Crippen molar-refractivity contribution in [1.82, 2.24) is 0 Å². The number of allylic oxidation sites excluding steroid dienone is 4. The number of hydrogen-bond acceptors (Lipinski definition) is 3. The number of phenols is 2. The van der Waals surface area contributed by atoms with Gasteiger partial charge in [-0.2, -0.15) is 0 Å². The second kappa shape index (κ2) is 12.1. The number of benzene rings is 1. The summed E-state index contributed by atoms with van der Waals surface area (Å²) < 4.78 is 0. The first kappa shape index (κ1) is 25.5. The van der Waals surface area contributed by atoms with Gasteiger partial charge in [-0.3, -0.25) is 0 Å². The van der Waals surface area contributed by atoms with E-state index in [9.17, 15) is 20.1 Å². The van der Waals surface area contributed by atoms with E-state index in [1.54, 1.807) is 0 Å². The quantitative estimate of drug-likeness (QED) is 0.312. The SMILES string of the molecule is CCCCCc1c(CC=C(C)C)c(O)c(CC=C(C)C)c(O)c1C(=O)O.[Mg+2]. The van der Waals surface area contributed by atoms with Crippen LogP contribution in [0, 0.1) is 0 Å². The first-order chi connectivity index (χ1) is 12.2. The third-order valence-corrected chi connectivity index (χ3v) is 4.43. The zero-order valence-corrected chi connectivity index (χ0v) is 18.8. The number of unbranched alkanes of at least 4 members (excludes halogenated alkanes) is 2. The Bertz CT molecular complexity index is 710. The van der Waals surface area contributed by atoms with E-state index in [0.717, 1.165) is 30.4 Å². The number of carboxylic acids is 1. The van der Waals surface area contributed by atoms with Crippen LogP contribution in [0.2, 0.25) is 0 Å². The first-order valence-corrected chi connectivity index (χ1v) is 9.29. The number of carbonyl (C=O) groups is 1. The molecule has 0 aliphatic carbocycles. The van der Waals surface area contributed by atoms with Gasteiger partial charge in [0.05, 0.1) is 0 Å². The number of phenolic OH excluding ortho intramolecular Hbond substituents is 1. The number of carboxylic acid groups (broad SMARTS) is 1. The molecule has 0 bridgehead atoms. The summed E-state index contributed by atoms with van der Waals surface area (Å²) in [6.45, 7) is 9.87. The van der Waals surface area contributed by atoms with Crippen molar-refractivity contribution in [2.24, 2.45) is 0 Å². The van der Waals surface area contributed by atoms with Gasteiger partial charge < -0.3 is 15.3 Å². The Kier molecular flexibility index (Phi) is 11.4. The van der Waals surface area contributed by atoms with E-state index in [2.05, 4.69) is 6.92 Å². The van der Waals surface area contributed by atoms with Crippen molar-refractivity contribution in [3.63, 3.8) is 0 Å². The summed E-state index contributed by atoms with van der Waals surface area (Å²) in [6.07, 6.45) is 7.96. The van der Waals surface area contributed by atoms with E-state index >= 15 is 0 Å². The summed E-state index contributed by atoms with van der Waals surface area (Å²) in [5, 5.41) is 31.2. The molecular formula is C22H32MgO4+2. The Balaban J connectivity index is 0.00000676. The van der Waals surface area contributed by atoms with Crippen molar-refractivity contribution in [3.8, 4) is 11.5 Å². The van der Waals surface area contributed by atoms with Gasteiger partial charge in [0.25, 0.3) is 0 Å². The van der Waals surface area contributed by atoms with Gasteiger partial charge in [-0.15, -0.1) is 0 Å². The minimum Gasteiger partial charge on any atom is -0.507 e. The van der Waals surface area contributed by atoms with Crippen molar-refractivity contribution in [1.29, 1.82) is 0 Å². The van der Waals surface area contributed by atoms with Crippen LogP contribution in [-0.2, 0) is 19.3 Å². The standard InChI is InChI=1S/C22H32O4.Mg/c1-6-7-8-9-16-17(12-10-14(2)3)20(23)18(13-11-15(4)5)21(24)19(16)22(25)26;/h10-11,23-24H,6-9,12-13H2,1-5H3,(H,25,26);/q;+2. The van der Waals surface area contributed by atoms with Crippen LogP contribution in [-0.4, -0.2) is 44.3 Å². The molecule has 4 nitrogen and oxygen atoms in total. The maximum Gasteiger partial charge on any atom is 2.00 e. The van der Waals surface area contributed by atoms with E-state index in [1.807, 2.05) is 39.8 Å². The second-order valence-corrected chi connectivity index (χ2v) is 7.24. The monoisotopic (exact) mass is 384 g/mol. The molecule has 0 atom stereocenters. The molecule has 0 amide bonds. The fraction of sp³-hybridized carbons (Fsp3) is 0.500. The van der Waals surface area contributed by atoms with E-state index in [1.165, 1.54) is 0 Å². The Labute approximate surface area is 179 Å². The summed E-state index contributed by atoms with van der Waals surface area (Å²) in [5.41, 5.74) is 3.54. The topological polar surface area (TPSA) is 77.8 Å². The average Bonchev–Trinajstić information content (AvgIpc) is 2.53. The predicted octanol–water partition coefficient (Wildman–Crippen LogP) is 5.17. The van der Waals surface area contributed by atoms with Crippen LogP contribution >= 0.6 is 0 Å². The third-order valence-electron chi connectivity index (χ3n) is 4.43. The van der Waals surface area contributed by atoms with E-state index < -0.39 is 5.97 Å². The molecule has 0 spiro atoms. The summed E-state index contributed by atoms with van der Waals surface area (Å²) in [7, 11) is 0. The summed E-state index contributed by atoms with van der Waals surface area (Å²) in [6, 6.07) is 0. The van der Waals surface area contributed by atoms with E-state index in [4.69, 9.17) is 0 Å². The number of hydrogen-bond donors (Lipinski definition) is 3. The molecule has 3 N–H and O–H groups in total. The minimum absolute atomic E-state index is 0.